The minimum atomic E-state index is -0.518. The zero-order chi connectivity index (χ0) is 13.8. The average Bonchev–Trinajstić information content (AvgIpc) is 2.37. The highest BCUT2D eigenvalue weighted by molar-refractivity contribution is 6.30. The van der Waals surface area contributed by atoms with Gasteiger partial charge in [0.05, 0.1) is 5.02 Å². The lowest BCUT2D eigenvalue weighted by Crippen LogP contribution is -2.04. The molecule has 0 heterocycles. The summed E-state index contributed by atoms with van der Waals surface area (Å²) in [6.45, 7) is 0.379. The molecular weight excluding hydrogens is 272 g/mol. The molecule has 0 fully saturated rings. The standard InChI is InChI=1S/C14H12ClF2NO/c15-12-8-11(2-3-13(12)17)19-14-4-1-10(16)7-9(14)5-6-18/h1-4,7-8H,5-6,18H2. The topological polar surface area (TPSA) is 35.2 Å². The van der Waals surface area contributed by atoms with Crippen molar-refractivity contribution in [1.29, 1.82) is 0 Å². The summed E-state index contributed by atoms with van der Waals surface area (Å²) >= 11 is 5.67. The van der Waals surface area contributed by atoms with Gasteiger partial charge in [-0.15, -0.1) is 0 Å². The van der Waals surface area contributed by atoms with Gasteiger partial charge in [0.2, 0.25) is 0 Å². The smallest absolute Gasteiger partial charge is 0.142 e. The van der Waals surface area contributed by atoms with Gasteiger partial charge in [0.25, 0.3) is 0 Å². The Kier molecular flexibility index (Phi) is 4.35. The molecule has 0 spiro atoms. The number of hydrogen-bond acceptors (Lipinski definition) is 2. The molecule has 2 rings (SSSR count). The quantitative estimate of drug-likeness (QED) is 0.923. The number of rotatable bonds is 4. The molecule has 2 aromatic carbocycles. The predicted octanol–water partition coefficient (Wildman–Crippen LogP) is 3.91. The maximum Gasteiger partial charge on any atom is 0.142 e. The van der Waals surface area contributed by atoms with E-state index in [-0.39, 0.29) is 10.8 Å². The summed E-state index contributed by atoms with van der Waals surface area (Å²) in [5.74, 6) is -0.00551. The molecule has 0 aliphatic carbocycles. The zero-order valence-electron chi connectivity index (χ0n) is 10.00. The Bertz CT molecular complexity index is 590. The van der Waals surface area contributed by atoms with Crippen molar-refractivity contribution in [3.63, 3.8) is 0 Å². The Morgan fingerprint density at radius 1 is 1.11 bits per heavy atom. The van der Waals surface area contributed by atoms with E-state index in [9.17, 15) is 8.78 Å². The van der Waals surface area contributed by atoms with Crippen LogP contribution in [0.4, 0.5) is 8.78 Å². The van der Waals surface area contributed by atoms with Crippen molar-refractivity contribution >= 4 is 11.6 Å². The van der Waals surface area contributed by atoms with Crippen LogP contribution in [0, 0.1) is 11.6 Å². The van der Waals surface area contributed by atoms with Crippen molar-refractivity contribution in [1.82, 2.24) is 0 Å². The van der Waals surface area contributed by atoms with Gasteiger partial charge in [-0.25, -0.2) is 8.78 Å². The highest BCUT2D eigenvalue weighted by atomic mass is 35.5. The fourth-order valence-corrected chi connectivity index (χ4v) is 1.84. The summed E-state index contributed by atoms with van der Waals surface area (Å²) in [6.07, 6.45) is 0.488. The number of benzene rings is 2. The van der Waals surface area contributed by atoms with Crippen molar-refractivity contribution < 1.29 is 13.5 Å². The Hall–Kier alpha value is -1.65. The van der Waals surface area contributed by atoms with E-state index in [0.717, 1.165) is 0 Å². The highest BCUT2D eigenvalue weighted by Gasteiger charge is 2.08. The fraction of sp³-hybridized carbons (Fsp3) is 0.143. The van der Waals surface area contributed by atoms with Crippen molar-refractivity contribution in [2.45, 2.75) is 6.42 Å². The van der Waals surface area contributed by atoms with Gasteiger partial charge in [-0.05, 0) is 48.9 Å². The second-order valence-electron chi connectivity index (χ2n) is 3.97. The molecule has 5 heteroatoms. The van der Waals surface area contributed by atoms with E-state index in [1.54, 1.807) is 0 Å². The number of ether oxygens (including phenoxy) is 1. The first-order valence-corrected chi connectivity index (χ1v) is 6.09. The number of nitrogens with two attached hydrogens (primary N) is 1. The fourth-order valence-electron chi connectivity index (χ4n) is 1.67. The molecule has 0 bridgehead atoms. The molecule has 0 saturated heterocycles. The lowest BCUT2D eigenvalue weighted by Gasteiger charge is -2.11. The second kappa shape index (κ2) is 5.99. The van der Waals surface area contributed by atoms with E-state index in [4.69, 9.17) is 22.1 Å². The third-order valence-electron chi connectivity index (χ3n) is 2.56. The van der Waals surface area contributed by atoms with Crippen LogP contribution in [0.3, 0.4) is 0 Å². The Balaban J connectivity index is 2.29. The first-order valence-electron chi connectivity index (χ1n) is 5.71. The molecule has 2 nitrogen and oxygen atoms in total. The molecule has 100 valence electrons. The maximum atomic E-state index is 13.2. The van der Waals surface area contributed by atoms with Crippen LogP contribution in [-0.2, 0) is 6.42 Å². The van der Waals surface area contributed by atoms with Crippen LogP contribution in [0.15, 0.2) is 36.4 Å². The third-order valence-corrected chi connectivity index (χ3v) is 2.84. The summed E-state index contributed by atoms with van der Waals surface area (Å²) in [7, 11) is 0. The number of halogens is 3. The first-order chi connectivity index (χ1) is 9.10. The lowest BCUT2D eigenvalue weighted by atomic mass is 10.1. The molecule has 2 N–H and O–H groups in total. The van der Waals surface area contributed by atoms with Crippen molar-refractivity contribution in [3.05, 3.63) is 58.6 Å². The van der Waals surface area contributed by atoms with Crippen molar-refractivity contribution in [2.24, 2.45) is 5.73 Å². The van der Waals surface area contributed by atoms with Crippen LogP contribution in [-0.4, -0.2) is 6.54 Å². The van der Waals surface area contributed by atoms with Crippen molar-refractivity contribution in [3.8, 4) is 11.5 Å². The van der Waals surface area contributed by atoms with E-state index in [1.807, 2.05) is 0 Å². The molecule has 2 aromatic rings. The van der Waals surface area contributed by atoms with Crippen LogP contribution in [0.25, 0.3) is 0 Å². The lowest BCUT2D eigenvalue weighted by molar-refractivity contribution is 0.472. The van der Waals surface area contributed by atoms with Crippen LogP contribution >= 0.6 is 11.6 Å². The number of hydrogen-bond donors (Lipinski definition) is 1. The second-order valence-corrected chi connectivity index (χ2v) is 4.38. The molecule has 0 radical (unpaired) electrons. The predicted molar refractivity (Wildman–Crippen MR) is 70.6 cm³/mol. The van der Waals surface area contributed by atoms with Gasteiger partial charge in [-0.3, -0.25) is 0 Å². The van der Waals surface area contributed by atoms with Gasteiger partial charge in [0.1, 0.15) is 23.1 Å². The summed E-state index contributed by atoms with van der Waals surface area (Å²) in [4.78, 5) is 0. The first kappa shape index (κ1) is 13.8. The summed E-state index contributed by atoms with van der Waals surface area (Å²) in [6, 6.07) is 8.21. The molecule has 0 saturated carbocycles. The van der Waals surface area contributed by atoms with Crippen LogP contribution in [0.1, 0.15) is 5.56 Å². The monoisotopic (exact) mass is 283 g/mol. The maximum absolute atomic E-state index is 13.2. The third kappa shape index (κ3) is 3.43. The van der Waals surface area contributed by atoms with E-state index >= 15 is 0 Å². The molecule has 19 heavy (non-hydrogen) atoms. The van der Waals surface area contributed by atoms with E-state index < -0.39 is 5.82 Å². The molecule has 0 atom stereocenters. The Morgan fingerprint density at radius 2 is 1.89 bits per heavy atom. The average molecular weight is 284 g/mol. The molecule has 0 amide bonds. The summed E-state index contributed by atoms with van der Waals surface area (Å²) in [5, 5.41) is -0.0278. The molecule has 0 aliphatic heterocycles. The minimum Gasteiger partial charge on any atom is -0.457 e. The van der Waals surface area contributed by atoms with Gasteiger partial charge in [-0.1, -0.05) is 11.6 Å². The summed E-state index contributed by atoms with van der Waals surface area (Å²) < 4.78 is 31.8. The zero-order valence-corrected chi connectivity index (χ0v) is 10.8. The largest absolute Gasteiger partial charge is 0.457 e. The summed E-state index contributed by atoms with van der Waals surface area (Å²) in [5.41, 5.74) is 6.12. The molecule has 0 aliphatic rings. The van der Waals surface area contributed by atoms with Gasteiger partial charge in [0.15, 0.2) is 0 Å². The normalized spacial score (nSPS) is 10.5. The van der Waals surface area contributed by atoms with Crippen LogP contribution in [0.5, 0.6) is 11.5 Å². The van der Waals surface area contributed by atoms with E-state index in [2.05, 4.69) is 0 Å². The van der Waals surface area contributed by atoms with E-state index in [0.29, 0.717) is 30.0 Å². The molecular formula is C14H12ClF2NO. The van der Waals surface area contributed by atoms with Crippen molar-refractivity contribution in [2.75, 3.05) is 6.54 Å². The van der Waals surface area contributed by atoms with Gasteiger partial charge < -0.3 is 10.5 Å². The SMILES string of the molecule is NCCc1cc(F)ccc1Oc1ccc(F)c(Cl)c1. The van der Waals surface area contributed by atoms with Gasteiger partial charge in [-0.2, -0.15) is 0 Å². The van der Waals surface area contributed by atoms with Crippen LogP contribution in [0.2, 0.25) is 5.02 Å². The van der Waals surface area contributed by atoms with Gasteiger partial charge >= 0.3 is 0 Å². The van der Waals surface area contributed by atoms with E-state index in [1.165, 1.54) is 36.4 Å². The highest BCUT2D eigenvalue weighted by Crippen LogP contribution is 2.29. The van der Waals surface area contributed by atoms with Crippen LogP contribution < -0.4 is 10.5 Å². The molecule has 0 unspecified atom stereocenters. The Morgan fingerprint density at radius 3 is 2.58 bits per heavy atom. The molecule has 0 aromatic heterocycles. The van der Waals surface area contributed by atoms with Gasteiger partial charge in [0, 0.05) is 6.07 Å². The Labute approximate surface area is 114 Å². The minimum absolute atomic E-state index is 0.0278.